The number of ether oxygens (including phenoxy) is 2. The summed E-state index contributed by atoms with van der Waals surface area (Å²) in [5.74, 6) is 0.696. The van der Waals surface area contributed by atoms with Gasteiger partial charge in [0.1, 0.15) is 17.8 Å². The normalized spacial score (nSPS) is 10.4. The van der Waals surface area contributed by atoms with Crippen LogP contribution in [0.25, 0.3) is 11.3 Å². The van der Waals surface area contributed by atoms with E-state index in [1.807, 2.05) is 31.2 Å². The van der Waals surface area contributed by atoms with Crippen LogP contribution >= 0.6 is 0 Å². The molecule has 1 amide bonds. The summed E-state index contributed by atoms with van der Waals surface area (Å²) in [5.41, 5.74) is 1.38. The van der Waals surface area contributed by atoms with Crippen molar-refractivity contribution in [2.45, 2.75) is 13.5 Å². The molecule has 9 heteroatoms. The molecule has 2 heterocycles. The fourth-order valence-corrected chi connectivity index (χ4v) is 2.58. The molecular weight excluding hydrogens is 374 g/mol. The van der Waals surface area contributed by atoms with Crippen molar-refractivity contribution in [2.75, 3.05) is 20.3 Å². The zero-order valence-electron chi connectivity index (χ0n) is 16.2. The molecule has 0 aliphatic rings. The van der Waals surface area contributed by atoms with Gasteiger partial charge in [0.25, 0.3) is 11.5 Å². The number of amides is 1. The second-order valence-corrected chi connectivity index (χ2v) is 5.96. The van der Waals surface area contributed by atoms with E-state index in [0.29, 0.717) is 18.2 Å². The lowest BCUT2D eigenvalue weighted by Gasteiger charge is -2.09. The van der Waals surface area contributed by atoms with E-state index in [9.17, 15) is 9.59 Å². The molecule has 2 aromatic heterocycles. The summed E-state index contributed by atoms with van der Waals surface area (Å²) >= 11 is 0. The maximum atomic E-state index is 12.3. The number of carbonyl (C=O) groups excluding carboxylic acids is 1. The molecule has 1 N–H and O–H groups in total. The van der Waals surface area contributed by atoms with Crippen LogP contribution in [0.2, 0.25) is 0 Å². The first kappa shape index (κ1) is 20.0. The van der Waals surface area contributed by atoms with E-state index in [0.717, 1.165) is 11.3 Å². The third kappa shape index (κ3) is 5.16. The van der Waals surface area contributed by atoms with Crippen molar-refractivity contribution >= 4 is 5.91 Å². The van der Waals surface area contributed by atoms with E-state index in [-0.39, 0.29) is 30.2 Å². The largest absolute Gasteiger partial charge is 0.497 e. The molecule has 3 rings (SSSR count). The number of nitrogens with zero attached hydrogens (tertiary/aromatic N) is 4. The van der Waals surface area contributed by atoms with Gasteiger partial charge >= 0.3 is 0 Å². The van der Waals surface area contributed by atoms with E-state index < -0.39 is 0 Å². The highest BCUT2D eigenvalue weighted by Crippen LogP contribution is 2.19. The van der Waals surface area contributed by atoms with Crippen LogP contribution in [-0.2, 0) is 6.54 Å². The number of hydrogen-bond donors (Lipinski definition) is 1. The molecular formula is C20H21N5O4. The summed E-state index contributed by atoms with van der Waals surface area (Å²) in [6.45, 7) is 2.80. The predicted octanol–water partition coefficient (Wildman–Crippen LogP) is 1.54. The summed E-state index contributed by atoms with van der Waals surface area (Å²) < 4.78 is 11.8. The van der Waals surface area contributed by atoms with Crippen LogP contribution in [0.1, 0.15) is 17.4 Å². The number of hydrogen-bond acceptors (Lipinski definition) is 7. The fourth-order valence-electron chi connectivity index (χ4n) is 2.58. The van der Waals surface area contributed by atoms with Gasteiger partial charge in [-0.2, -0.15) is 0 Å². The number of methoxy groups -OCH3 is 1. The third-order valence-corrected chi connectivity index (χ3v) is 4.07. The maximum Gasteiger partial charge on any atom is 0.270 e. The van der Waals surface area contributed by atoms with Gasteiger partial charge in [-0.3, -0.25) is 14.2 Å². The molecule has 0 saturated carbocycles. The molecule has 0 atom stereocenters. The Morgan fingerprint density at radius 3 is 2.62 bits per heavy atom. The monoisotopic (exact) mass is 395 g/mol. The lowest BCUT2D eigenvalue weighted by Crippen LogP contribution is -2.31. The standard InChI is InChI=1S/C20H21N5O4/c1-3-29-18-10-17(22-12-23-18)20(27)21-8-9-25-13-24-16(11-19(25)26)14-4-6-15(28-2)7-5-14/h4-7,10-13H,3,8-9H2,1-2H3,(H,21,27). The van der Waals surface area contributed by atoms with Crippen LogP contribution in [0.3, 0.4) is 0 Å². The Balaban J connectivity index is 1.60. The Hall–Kier alpha value is -3.75. The van der Waals surface area contributed by atoms with Gasteiger partial charge in [0.2, 0.25) is 5.88 Å². The van der Waals surface area contributed by atoms with Crippen LogP contribution in [0.5, 0.6) is 11.6 Å². The number of rotatable bonds is 8. The second-order valence-electron chi connectivity index (χ2n) is 5.96. The van der Waals surface area contributed by atoms with E-state index in [4.69, 9.17) is 9.47 Å². The lowest BCUT2D eigenvalue weighted by molar-refractivity contribution is 0.0946. The van der Waals surface area contributed by atoms with Crippen molar-refractivity contribution in [3.8, 4) is 22.9 Å². The molecule has 0 fully saturated rings. The van der Waals surface area contributed by atoms with E-state index >= 15 is 0 Å². The Kier molecular flexibility index (Phi) is 6.51. The Bertz CT molecular complexity index is 1030. The SMILES string of the molecule is CCOc1cc(C(=O)NCCn2cnc(-c3ccc(OC)cc3)cc2=O)ncn1. The van der Waals surface area contributed by atoms with Gasteiger partial charge in [-0.05, 0) is 31.2 Å². The summed E-state index contributed by atoms with van der Waals surface area (Å²) in [6.07, 6.45) is 2.73. The summed E-state index contributed by atoms with van der Waals surface area (Å²) in [5, 5.41) is 2.72. The Morgan fingerprint density at radius 2 is 1.93 bits per heavy atom. The highest BCUT2D eigenvalue weighted by Gasteiger charge is 2.09. The van der Waals surface area contributed by atoms with Gasteiger partial charge in [0, 0.05) is 30.8 Å². The van der Waals surface area contributed by atoms with Crippen molar-refractivity contribution in [3.05, 3.63) is 65.1 Å². The van der Waals surface area contributed by atoms with E-state index in [1.165, 1.54) is 29.4 Å². The minimum Gasteiger partial charge on any atom is -0.497 e. The third-order valence-electron chi connectivity index (χ3n) is 4.07. The van der Waals surface area contributed by atoms with Gasteiger partial charge in [-0.15, -0.1) is 0 Å². The van der Waals surface area contributed by atoms with Crippen LogP contribution < -0.4 is 20.3 Å². The molecule has 0 radical (unpaired) electrons. The molecule has 3 aromatic rings. The molecule has 29 heavy (non-hydrogen) atoms. The number of carbonyl (C=O) groups is 1. The first-order valence-electron chi connectivity index (χ1n) is 9.04. The zero-order chi connectivity index (χ0) is 20.6. The van der Waals surface area contributed by atoms with Crippen LogP contribution in [-0.4, -0.2) is 45.7 Å². The molecule has 0 spiro atoms. The second kappa shape index (κ2) is 9.45. The topological polar surface area (TPSA) is 108 Å². The average Bonchev–Trinajstić information content (AvgIpc) is 2.75. The van der Waals surface area contributed by atoms with Gasteiger partial charge in [0.05, 0.1) is 25.7 Å². The fraction of sp³-hybridized carbons (Fsp3) is 0.250. The number of aromatic nitrogens is 4. The molecule has 1 aromatic carbocycles. The minimum atomic E-state index is -0.371. The molecule has 9 nitrogen and oxygen atoms in total. The van der Waals surface area contributed by atoms with Crippen LogP contribution in [0.4, 0.5) is 0 Å². The molecule has 0 bridgehead atoms. The van der Waals surface area contributed by atoms with Gasteiger partial charge < -0.3 is 14.8 Å². The van der Waals surface area contributed by atoms with Crippen molar-refractivity contribution in [1.82, 2.24) is 24.8 Å². The van der Waals surface area contributed by atoms with Gasteiger partial charge in [0.15, 0.2) is 0 Å². The summed E-state index contributed by atoms with van der Waals surface area (Å²) in [6, 6.07) is 10.2. The van der Waals surface area contributed by atoms with Crippen molar-refractivity contribution in [3.63, 3.8) is 0 Å². The molecule has 0 saturated heterocycles. The summed E-state index contributed by atoms with van der Waals surface area (Å²) in [7, 11) is 1.59. The van der Waals surface area contributed by atoms with Crippen molar-refractivity contribution in [2.24, 2.45) is 0 Å². The smallest absolute Gasteiger partial charge is 0.270 e. The maximum absolute atomic E-state index is 12.3. The average molecular weight is 395 g/mol. The van der Waals surface area contributed by atoms with Gasteiger partial charge in [-0.25, -0.2) is 15.0 Å². The van der Waals surface area contributed by atoms with Crippen molar-refractivity contribution in [1.29, 1.82) is 0 Å². The molecule has 150 valence electrons. The first-order chi connectivity index (χ1) is 14.1. The molecule has 0 unspecified atom stereocenters. The lowest BCUT2D eigenvalue weighted by atomic mass is 10.1. The van der Waals surface area contributed by atoms with E-state index in [2.05, 4.69) is 20.3 Å². The highest BCUT2D eigenvalue weighted by atomic mass is 16.5. The first-order valence-corrected chi connectivity index (χ1v) is 9.04. The molecule has 0 aliphatic heterocycles. The number of benzene rings is 1. The highest BCUT2D eigenvalue weighted by molar-refractivity contribution is 5.92. The zero-order valence-corrected chi connectivity index (χ0v) is 16.2. The summed E-state index contributed by atoms with van der Waals surface area (Å²) in [4.78, 5) is 36.7. The van der Waals surface area contributed by atoms with Crippen LogP contribution in [0, 0.1) is 0 Å². The Morgan fingerprint density at radius 1 is 1.14 bits per heavy atom. The van der Waals surface area contributed by atoms with Crippen molar-refractivity contribution < 1.29 is 14.3 Å². The quantitative estimate of drug-likeness (QED) is 0.616. The molecule has 0 aliphatic carbocycles. The van der Waals surface area contributed by atoms with E-state index in [1.54, 1.807) is 7.11 Å². The predicted molar refractivity (Wildman–Crippen MR) is 106 cm³/mol. The van der Waals surface area contributed by atoms with Crippen LogP contribution in [0.15, 0.2) is 53.8 Å². The Labute approximate surface area is 167 Å². The minimum absolute atomic E-state index is 0.198. The van der Waals surface area contributed by atoms with Gasteiger partial charge in [-0.1, -0.05) is 0 Å². The number of nitrogens with one attached hydrogen (secondary N) is 1.